The zero-order valence-electron chi connectivity index (χ0n) is 4.39. The monoisotopic (exact) mass is 137 g/mol. The molecule has 1 rings (SSSR count). The lowest BCUT2D eigenvalue weighted by Gasteiger charge is -2.08. The first-order valence-electron chi connectivity index (χ1n) is 2.37. The molecule has 0 saturated carbocycles. The van der Waals surface area contributed by atoms with Crippen LogP contribution in [0.5, 0.6) is 0 Å². The predicted octanol–water partition coefficient (Wildman–Crippen LogP) is 0.769. The second kappa shape index (κ2) is 1.89. The summed E-state index contributed by atoms with van der Waals surface area (Å²) in [5.41, 5.74) is 3.18. The molecule has 5 heteroatoms. The Bertz CT molecular complexity index is 128. The Balaban J connectivity index is 2.53. The van der Waals surface area contributed by atoms with Crippen LogP contribution in [0.15, 0.2) is 5.10 Å². The van der Waals surface area contributed by atoms with Crippen molar-refractivity contribution in [3.8, 4) is 0 Å². The number of rotatable bonds is 0. The van der Waals surface area contributed by atoms with Gasteiger partial charge >= 0.3 is 6.18 Å². The molecule has 0 aromatic heterocycles. The Morgan fingerprint density at radius 2 is 2.11 bits per heavy atom. The van der Waals surface area contributed by atoms with E-state index < -0.39 is 12.1 Å². The van der Waals surface area contributed by atoms with Crippen LogP contribution in [0, 0.1) is 5.92 Å². The van der Waals surface area contributed by atoms with Crippen LogP contribution in [0.2, 0.25) is 0 Å². The summed E-state index contributed by atoms with van der Waals surface area (Å²) >= 11 is 0. The minimum absolute atomic E-state index is 0.247. The Morgan fingerprint density at radius 1 is 1.44 bits per heavy atom. The van der Waals surface area contributed by atoms with Gasteiger partial charge in [-0.05, 0) is 0 Å². The van der Waals surface area contributed by atoms with Crippen LogP contribution >= 0.6 is 0 Å². The summed E-state index contributed by atoms with van der Waals surface area (Å²) in [5, 5.41) is 3.11. The van der Waals surface area contributed by atoms with Gasteiger partial charge in [-0.15, -0.1) is 0 Å². The lowest BCUT2D eigenvalue weighted by molar-refractivity contribution is -0.151. The smallest absolute Gasteiger partial charge is 0.189 e. The number of alkyl halides is 3. The van der Waals surface area contributed by atoms with E-state index in [1.807, 2.05) is 0 Å². The lowest BCUT2D eigenvalue weighted by Crippen LogP contribution is -2.25. The maximum Gasteiger partial charge on any atom is 0.398 e. The van der Waals surface area contributed by atoms with Crippen molar-refractivity contribution < 1.29 is 13.2 Å². The SMILES string of the molecule is FC(F)(F)C1C=N[N]C1. The van der Waals surface area contributed by atoms with Crippen LogP contribution in [0.4, 0.5) is 13.2 Å². The third-order valence-electron chi connectivity index (χ3n) is 1.03. The zero-order valence-corrected chi connectivity index (χ0v) is 4.39. The summed E-state index contributed by atoms with van der Waals surface area (Å²) in [7, 11) is 0. The van der Waals surface area contributed by atoms with Crippen molar-refractivity contribution in [2.75, 3.05) is 6.54 Å². The topological polar surface area (TPSA) is 26.5 Å². The van der Waals surface area contributed by atoms with Gasteiger partial charge in [0, 0.05) is 6.21 Å². The molecule has 0 aliphatic carbocycles. The van der Waals surface area contributed by atoms with Gasteiger partial charge in [-0.1, -0.05) is 0 Å². The van der Waals surface area contributed by atoms with Crippen molar-refractivity contribution >= 4 is 6.21 Å². The maximum absolute atomic E-state index is 11.6. The van der Waals surface area contributed by atoms with Crippen molar-refractivity contribution in [2.45, 2.75) is 6.18 Å². The van der Waals surface area contributed by atoms with E-state index in [1.54, 1.807) is 0 Å². The molecule has 1 atom stereocenters. The standard InChI is InChI=1S/C4H4F3N2/c5-4(6,7)3-1-8-9-2-3/h1,3H,2H2. The molecule has 1 aliphatic heterocycles. The first-order valence-corrected chi connectivity index (χ1v) is 2.37. The van der Waals surface area contributed by atoms with Crippen LogP contribution in [-0.2, 0) is 0 Å². The second-order valence-corrected chi connectivity index (χ2v) is 1.74. The van der Waals surface area contributed by atoms with E-state index in [2.05, 4.69) is 10.5 Å². The van der Waals surface area contributed by atoms with Crippen LogP contribution in [0.1, 0.15) is 0 Å². The molecule has 0 bridgehead atoms. The lowest BCUT2D eigenvalue weighted by atomic mass is 10.2. The molecule has 0 saturated heterocycles. The fourth-order valence-electron chi connectivity index (χ4n) is 0.498. The summed E-state index contributed by atoms with van der Waals surface area (Å²) in [6, 6.07) is 0. The number of nitrogens with zero attached hydrogens (tertiary/aromatic N) is 2. The Morgan fingerprint density at radius 3 is 2.33 bits per heavy atom. The van der Waals surface area contributed by atoms with Crippen LogP contribution in [-0.4, -0.2) is 18.9 Å². The van der Waals surface area contributed by atoms with Gasteiger partial charge in [0.1, 0.15) is 5.92 Å². The highest BCUT2D eigenvalue weighted by Crippen LogP contribution is 2.25. The fourth-order valence-corrected chi connectivity index (χ4v) is 0.498. The Kier molecular flexibility index (Phi) is 1.34. The highest BCUT2D eigenvalue weighted by Gasteiger charge is 2.40. The average Bonchev–Trinajstić information content (AvgIpc) is 2.08. The van der Waals surface area contributed by atoms with Crippen LogP contribution < -0.4 is 5.43 Å². The van der Waals surface area contributed by atoms with Gasteiger partial charge in [0.2, 0.25) is 0 Å². The number of hydrogen-bond donors (Lipinski definition) is 0. The van der Waals surface area contributed by atoms with Crippen LogP contribution in [0.25, 0.3) is 0 Å². The molecule has 51 valence electrons. The quantitative estimate of drug-likeness (QED) is 0.471. The molecular formula is C4H4F3N2. The molecule has 1 radical (unpaired) electrons. The summed E-state index contributed by atoms with van der Waals surface area (Å²) in [5.74, 6) is -1.45. The van der Waals surface area contributed by atoms with Crippen molar-refractivity contribution in [3.05, 3.63) is 0 Å². The van der Waals surface area contributed by atoms with Crippen molar-refractivity contribution in [1.29, 1.82) is 0 Å². The third kappa shape index (κ3) is 1.34. The number of halogens is 3. The fraction of sp³-hybridized carbons (Fsp3) is 0.750. The molecule has 1 unspecified atom stereocenters. The molecule has 0 spiro atoms. The van der Waals surface area contributed by atoms with Crippen molar-refractivity contribution in [2.24, 2.45) is 11.0 Å². The van der Waals surface area contributed by atoms with E-state index in [1.165, 1.54) is 0 Å². The van der Waals surface area contributed by atoms with Gasteiger partial charge in [0.25, 0.3) is 0 Å². The minimum Gasteiger partial charge on any atom is -0.189 e. The molecule has 0 aromatic rings. The van der Waals surface area contributed by atoms with E-state index in [0.29, 0.717) is 0 Å². The van der Waals surface area contributed by atoms with E-state index in [-0.39, 0.29) is 6.54 Å². The molecule has 0 aromatic carbocycles. The molecular weight excluding hydrogens is 133 g/mol. The van der Waals surface area contributed by atoms with E-state index >= 15 is 0 Å². The molecule has 2 nitrogen and oxygen atoms in total. The Hall–Kier alpha value is -0.740. The van der Waals surface area contributed by atoms with E-state index in [9.17, 15) is 13.2 Å². The van der Waals surface area contributed by atoms with Crippen LogP contribution in [0.3, 0.4) is 0 Å². The van der Waals surface area contributed by atoms with Gasteiger partial charge in [0.05, 0.1) is 6.54 Å². The average molecular weight is 137 g/mol. The molecule has 1 aliphatic rings. The summed E-state index contributed by atoms with van der Waals surface area (Å²) in [4.78, 5) is 0. The highest BCUT2D eigenvalue weighted by atomic mass is 19.4. The predicted molar refractivity (Wildman–Crippen MR) is 25.0 cm³/mol. The molecule has 0 N–H and O–H groups in total. The largest absolute Gasteiger partial charge is 0.398 e. The third-order valence-corrected chi connectivity index (χ3v) is 1.03. The summed E-state index contributed by atoms with van der Waals surface area (Å²) < 4.78 is 34.8. The zero-order chi connectivity index (χ0) is 6.91. The molecule has 0 amide bonds. The van der Waals surface area contributed by atoms with Gasteiger partial charge in [-0.2, -0.15) is 23.7 Å². The van der Waals surface area contributed by atoms with E-state index in [0.717, 1.165) is 6.21 Å². The van der Waals surface area contributed by atoms with E-state index in [4.69, 9.17) is 0 Å². The van der Waals surface area contributed by atoms with Crippen molar-refractivity contribution in [1.82, 2.24) is 5.43 Å². The summed E-state index contributed by atoms with van der Waals surface area (Å²) in [6.45, 7) is -0.247. The van der Waals surface area contributed by atoms with Gasteiger partial charge in [-0.3, -0.25) is 0 Å². The van der Waals surface area contributed by atoms with Gasteiger partial charge < -0.3 is 0 Å². The molecule has 0 fully saturated rings. The molecule has 1 heterocycles. The summed E-state index contributed by atoms with van der Waals surface area (Å²) in [6.07, 6.45) is -3.34. The minimum atomic E-state index is -4.16. The normalized spacial score (nSPS) is 26.3. The first kappa shape index (κ1) is 6.38. The van der Waals surface area contributed by atoms with Gasteiger partial charge in [0.15, 0.2) is 0 Å². The Labute approximate surface area is 49.7 Å². The highest BCUT2D eigenvalue weighted by molar-refractivity contribution is 5.63. The van der Waals surface area contributed by atoms with Crippen molar-refractivity contribution in [3.63, 3.8) is 0 Å². The number of hydrogen-bond acceptors (Lipinski definition) is 1. The maximum atomic E-state index is 11.6. The molecule has 9 heavy (non-hydrogen) atoms. The second-order valence-electron chi connectivity index (χ2n) is 1.74. The van der Waals surface area contributed by atoms with Gasteiger partial charge in [-0.25, -0.2) is 0 Å². The first-order chi connectivity index (χ1) is 4.11.